The number of aromatic nitrogens is 2. The average Bonchev–Trinajstić information content (AvgIpc) is 3.18. The fraction of sp³-hybridized carbons (Fsp3) is 0.467. The molecular formula is C30H44F2N4O2. The van der Waals surface area contributed by atoms with Gasteiger partial charge in [-0.3, -0.25) is 0 Å². The number of aryl methyl sites for hydroxylation is 2. The Hall–Kier alpha value is -3.10. The first kappa shape index (κ1) is 32.9. The van der Waals surface area contributed by atoms with E-state index in [1.54, 1.807) is 14.0 Å². The van der Waals surface area contributed by atoms with Gasteiger partial charge in [0.25, 0.3) is 0 Å². The summed E-state index contributed by atoms with van der Waals surface area (Å²) < 4.78 is 36.5. The number of fused-ring (bicyclic) bond motifs is 1. The van der Waals surface area contributed by atoms with Crippen LogP contribution in [-0.4, -0.2) is 49.0 Å². The van der Waals surface area contributed by atoms with Gasteiger partial charge in [-0.15, -0.1) is 0 Å². The summed E-state index contributed by atoms with van der Waals surface area (Å²) in [6.07, 6.45) is 6.93. The van der Waals surface area contributed by atoms with Crippen molar-refractivity contribution in [3.05, 3.63) is 65.5 Å². The molecule has 2 N–H and O–H groups in total. The van der Waals surface area contributed by atoms with Crippen LogP contribution >= 0.6 is 0 Å². The van der Waals surface area contributed by atoms with Crippen molar-refractivity contribution in [1.82, 2.24) is 20.0 Å². The van der Waals surface area contributed by atoms with E-state index in [0.717, 1.165) is 18.7 Å². The van der Waals surface area contributed by atoms with Crippen molar-refractivity contribution in [3.8, 4) is 11.3 Å². The topological polar surface area (TPSA) is 67.7 Å². The van der Waals surface area contributed by atoms with E-state index in [4.69, 9.17) is 9.53 Å². The Morgan fingerprint density at radius 3 is 2.18 bits per heavy atom. The van der Waals surface area contributed by atoms with Crippen LogP contribution in [0.1, 0.15) is 63.3 Å². The van der Waals surface area contributed by atoms with Gasteiger partial charge in [-0.2, -0.15) is 0 Å². The minimum Gasteiger partial charge on any atom is -0.388 e. The third-order valence-electron chi connectivity index (χ3n) is 5.81. The Morgan fingerprint density at radius 1 is 1.03 bits per heavy atom. The first-order valence-corrected chi connectivity index (χ1v) is 12.9. The molecule has 0 saturated carbocycles. The molecule has 2 heterocycles. The lowest BCUT2D eigenvalue weighted by Crippen LogP contribution is -2.19. The van der Waals surface area contributed by atoms with E-state index in [9.17, 15) is 8.78 Å². The summed E-state index contributed by atoms with van der Waals surface area (Å²) in [5.41, 5.74) is 3.46. The lowest BCUT2D eigenvalue weighted by molar-refractivity contribution is -0.0980. The number of carbonyl (C=O) groups is 1. The number of pyridine rings is 1. The van der Waals surface area contributed by atoms with Crippen LogP contribution < -0.4 is 10.6 Å². The van der Waals surface area contributed by atoms with Crippen molar-refractivity contribution in [2.24, 2.45) is 0 Å². The van der Waals surface area contributed by atoms with Gasteiger partial charge in [0.15, 0.2) is 0 Å². The van der Waals surface area contributed by atoms with E-state index < -0.39 is 11.6 Å². The molecule has 1 aromatic carbocycles. The Bertz CT molecular complexity index is 1150. The maximum Gasteiger partial charge on any atom is 0.137 e. The van der Waals surface area contributed by atoms with E-state index in [1.165, 1.54) is 37.8 Å². The van der Waals surface area contributed by atoms with Crippen molar-refractivity contribution >= 4 is 18.1 Å². The lowest BCUT2D eigenvalue weighted by atomic mass is 10.0. The zero-order chi connectivity index (χ0) is 28.9. The van der Waals surface area contributed by atoms with Gasteiger partial charge in [-0.25, -0.2) is 13.8 Å². The van der Waals surface area contributed by atoms with E-state index >= 15 is 0 Å². The second kappa shape index (κ2) is 16.0. The number of carbonyl (C=O) groups excluding carboxylic acids is 1. The van der Waals surface area contributed by atoms with Crippen LogP contribution in [0.4, 0.5) is 8.78 Å². The van der Waals surface area contributed by atoms with E-state index in [1.807, 2.05) is 43.5 Å². The summed E-state index contributed by atoms with van der Waals surface area (Å²) in [4.78, 5) is 12.4. The number of benzene rings is 1. The van der Waals surface area contributed by atoms with E-state index in [0.29, 0.717) is 28.3 Å². The van der Waals surface area contributed by atoms with Crippen LogP contribution in [0, 0.1) is 25.5 Å². The number of nitrogens with zero attached hydrogens (tertiary/aromatic N) is 2. The van der Waals surface area contributed by atoms with Gasteiger partial charge in [-0.1, -0.05) is 19.4 Å². The molecule has 0 aliphatic rings. The molecule has 0 radical (unpaired) electrons. The van der Waals surface area contributed by atoms with Crippen molar-refractivity contribution in [2.75, 3.05) is 27.2 Å². The number of imidazole rings is 1. The molecular weight excluding hydrogens is 486 g/mol. The molecule has 0 aliphatic carbocycles. The van der Waals surface area contributed by atoms with E-state index in [2.05, 4.69) is 43.0 Å². The normalized spacial score (nSPS) is 10.9. The molecule has 38 heavy (non-hydrogen) atoms. The van der Waals surface area contributed by atoms with Gasteiger partial charge in [-0.05, 0) is 90.9 Å². The zero-order valence-electron chi connectivity index (χ0n) is 24.0. The van der Waals surface area contributed by atoms with Crippen LogP contribution in [0.25, 0.3) is 22.6 Å². The largest absolute Gasteiger partial charge is 0.388 e. The Labute approximate surface area is 226 Å². The molecule has 0 bridgehead atoms. The predicted molar refractivity (Wildman–Crippen MR) is 153 cm³/mol. The molecule has 6 nitrogen and oxygen atoms in total. The molecule has 2 aromatic heterocycles. The van der Waals surface area contributed by atoms with Crippen molar-refractivity contribution in [1.29, 1.82) is 0 Å². The number of nitrogens with one attached hydrogen (secondary N) is 2. The fourth-order valence-corrected chi connectivity index (χ4v) is 3.76. The van der Waals surface area contributed by atoms with Crippen molar-refractivity contribution in [3.63, 3.8) is 0 Å². The fourth-order valence-electron chi connectivity index (χ4n) is 3.76. The van der Waals surface area contributed by atoms with Gasteiger partial charge < -0.3 is 24.6 Å². The highest BCUT2D eigenvalue weighted by molar-refractivity contribution is 5.71. The molecule has 0 fully saturated rings. The monoisotopic (exact) mass is 530 g/mol. The summed E-state index contributed by atoms with van der Waals surface area (Å²) in [6, 6.07) is 6.35. The second-order valence-corrected chi connectivity index (χ2v) is 10.0. The molecule has 0 spiro atoms. The highest BCUT2D eigenvalue weighted by Crippen LogP contribution is 2.31. The third-order valence-corrected chi connectivity index (χ3v) is 5.81. The lowest BCUT2D eigenvalue weighted by Gasteiger charge is -2.19. The van der Waals surface area contributed by atoms with E-state index in [-0.39, 0.29) is 11.2 Å². The van der Waals surface area contributed by atoms with Gasteiger partial charge in [0.2, 0.25) is 0 Å². The average molecular weight is 531 g/mol. The zero-order valence-corrected chi connectivity index (χ0v) is 24.0. The van der Waals surface area contributed by atoms with Crippen LogP contribution in [0.5, 0.6) is 0 Å². The maximum absolute atomic E-state index is 14.5. The Morgan fingerprint density at radius 2 is 1.63 bits per heavy atom. The molecule has 3 aromatic rings. The Balaban J connectivity index is 0.000000413. The molecule has 0 atom stereocenters. The van der Waals surface area contributed by atoms with Crippen molar-refractivity contribution < 1.29 is 18.3 Å². The Kier molecular flexibility index (Phi) is 13.9. The highest BCUT2D eigenvalue weighted by atomic mass is 19.1. The molecule has 8 heteroatoms. The number of ether oxygens (including phenoxy) is 1. The number of rotatable bonds is 10. The quantitative estimate of drug-likeness (QED) is 0.294. The molecule has 3 rings (SSSR count). The summed E-state index contributed by atoms with van der Waals surface area (Å²) in [5, 5.41) is 5.94. The summed E-state index contributed by atoms with van der Waals surface area (Å²) >= 11 is 0. The summed E-state index contributed by atoms with van der Waals surface area (Å²) in [5.74, 6) is -1.31. The van der Waals surface area contributed by atoms with Gasteiger partial charge in [0.05, 0.1) is 16.9 Å². The number of halogens is 2. The third kappa shape index (κ3) is 9.99. The predicted octanol–water partition coefficient (Wildman–Crippen LogP) is 6.48. The van der Waals surface area contributed by atoms with Gasteiger partial charge in [0.1, 0.15) is 24.1 Å². The summed E-state index contributed by atoms with van der Waals surface area (Å²) in [6.45, 7) is 17.8. The standard InChI is InChI=1S/C18H17F2N3.C11H25NO.CH2O/c1-10-5-6-23-12(3)18(22-16(23)7-10)17-14(19)8-13(9-15(17)20)11(2)21-4;1-11(2,3)13-10-8-6-5-7-9-12-4;1-2/h5-9,21H,2H2,1,3-4H3;12H,5-10H2,1-4H3;1H2. The van der Waals surface area contributed by atoms with Gasteiger partial charge >= 0.3 is 0 Å². The highest BCUT2D eigenvalue weighted by Gasteiger charge is 2.20. The van der Waals surface area contributed by atoms with Crippen LogP contribution in [0.2, 0.25) is 0 Å². The van der Waals surface area contributed by atoms with Crippen LogP contribution in [0.3, 0.4) is 0 Å². The summed E-state index contributed by atoms with van der Waals surface area (Å²) in [7, 11) is 3.66. The number of unbranched alkanes of at least 4 members (excludes halogenated alkanes) is 3. The smallest absolute Gasteiger partial charge is 0.137 e. The number of hydrogen-bond donors (Lipinski definition) is 2. The molecule has 0 saturated heterocycles. The molecule has 210 valence electrons. The van der Waals surface area contributed by atoms with Gasteiger partial charge in [0, 0.05) is 36.8 Å². The first-order valence-electron chi connectivity index (χ1n) is 12.9. The van der Waals surface area contributed by atoms with Crippen molar-refractivity contribution in [2.45, 2.75) is 65.9 Å². The maximum atomic E-state index is 14.5. The molecule has 0 aliphatic heterocycles. The van der Waals surface area contributed by atoms with Crippen LogP contribution in [-0.2, 0) is 9.53 Å². The minimum atomic E-state index is -0.653. The first-order chi connectivity index (χ1) is 18.0. The number of hydrogen-bond acceptors (Lipinski definition) is 5. The minimum absolute atomic E-state index is 0.0327. The second-order valence-electron chi connectivity index (χ2n) is 10.0. The SMILES string of the molecule is C=C(NC)c1cc(F)c(-c2nc3cc(C)ccn3c2C)c(F)c1.C=O.CNCCCCCCOC(C)(C)C. The van der Waals surface area contributed by atoms with Crippen LogP contribution in [0.15, 0.2) is 37.0 Å². The molecule has 0 amide bonds. The molecule has 0 unspecified atom stereocenters.